The van der Waals surface area contributed by atoms with Crippen LogP contribution in [0.5, 0.6) is 0 Å². The number of aromatic nitrogens is 1. The molecular formula is C17H26N2O5S. The van der Waals surface area contributed by atoms with E-state index in [0.717, 1.165) is 17.0 Å². The zero-order valence-electron chi connectivity index (χ0n) is 14.8. The Hall–Kier alpha value is -1.09. The Morgan fingerprint density at radius 2 is 1.92 bits per heavy atom. The van der Waals surface area contributed by atoms with Crippen LogP contribution < -0.4 is 5.32 Å². The Bertz CT molecular complexity index is 583. The number of rotatable bonds is 6. The van der Waals surface area contributed by atoms with Crippen molar-refractivity contribution in [2.24, 2.45) is 0 Å². The van der Waals surface area contributed by atoms with Gasteiger partial charge in [-0.3, -0.25) is 4.79 Å². The first-order valence-corrected chi connectivity index (χ1v) is 9.83. The molecule has 1 amide bonds. The number of aliphatic hydroxyl groups is 1. The van der Waals surface area contributed by atoms with E-state index < -0.39 is 11.4 Å². The van der Waals surface area contributed by atoms with Gasteiger partial charge in [0.25, 0.3) is 0 Å². The van der Waals surface area contributed by atoms with Crippen molar-refractivity contribution in [3.05, 3.63) is 17.0 Å². The maximum absolute atomic E-state index is 12.0. The quantitative estimate of drug-likeness (QED) is 0.787. The van der Waals surface area contributed by atoms with Crippen LogP contribution in [0.2, 0.25) is 0 Å². The second kappa shape index (κ2) is 7.65. The maximum atomic E-state index is 12.0. The first kappa shape index (κ1) is 18.7. The smallest absolute Gasteiger partial charge is 0.230 e. The molecule has 0 radical (unpaired) electrons. The minimum Gasteiger partial charge on any atom is -0.388 e. The summed E-state index contributed by atoms with van der Waals surface area (Å²) in [5.41, 5.74) is 1.04. The van der Waals surface area contributed by atoms with Crippen LogP contribution in [0.25, 0.3) is 0 Å². The molecule has 1 aromatic heterocycles. The molecule has 3 rings (SSSR count). The molecule has 140 valence electrons. The van der Waals surface area contributed by atoms with E-state index in [2.05, 4.69) is 10.5 Å². The van der Waals surface area contributed by atoms with Crippen LogP contribution in [0.4, 0.5) is 0 Å². The number of nitrogens with zero attached hydrogens (tertiary/aromatic N) is 1. The van der Waals surface area contributed by atoms with Crippen molar-refractivity contribution in [1.82, 2.24) is 10.5 Å². The predicted octanol–water partition coefficient (Wildman–Crippen LogP) is 1.69. The van der Waals surface area contributed by atoms with Gasteiger partial charge in [-0.25, -0.2) is 0 Å². The van der Waals surface area contributed by atoms with Crippen molar-refractivity contribution >= 4 is 17.7 Å². The van der Waals surface area contributed by atoms with Crippen molar-refractivity contribution in [3.8, 4) is 0 Å². The fraction of sp³-hybridized carbons (Fsp3) is 0.765. The third kappa shape index (κ3) is 4.55. The van der Waals surface area contributed by atoms with E-state index in [-0.39, 0.29) is 12.5 Å². The molecule has 2 fully saturated rings. The van der Waals surface area contributed by atoms with Crippen LogP contribution in [0, 0.1) is 13.8 Å². The van der Waals surface area contributed by atoms with Crippen molar-refractivity contribution in [1.29, 1.82) is 0 Å². The predicted molar refractivity (Wildman–Crippen MR) is 93.2 cm³/mol. The average molecular weight is 370 g/mol. The summed E-state index contributed by atoms with van der Waals surface area (Å²) in [6, 6.07) is 0. The second-order valence-corrected chi connectivity index (χ2v) is 7.89. The summed E-state index contributed by atoms with van der Waals surface area (Å²) in [4.78, 5) is 12.0. The van der Waals surface area contributed by atoms with Gasteiger partial charge in [-0.2, -0.15) is 0 Å². The van der Waals surface area contributed by atoms with Gasteiger partial charge in [-0.05, 0) is 26.7 Å². The van der Waals surface area contributed by atoms with Crippen LogP contribution in [0.15, 0.2) is 4.52 Å². The fourth-order valence-electron chi connectivity index (χ4n) is 3.33. The number of carbonyl (C=O) groups is 1. The molecular weight excluding hydrogens is 344 g/mol. The fourth-order valence-corrected chi connectivity index (χ4v) is 4.33. The summed E-state index contributed by atoms with van der Waals surface area (Å²) >= 11 is 1.51. The van der Waals surface area contributed by atoms with E-state index in [9.17, 15) is 9.90 Å². The van der Waals surface area contributed by atoms with E-state index in [1.54, 1.807) is 0 Å². The van der Waals surface area contributed by atoms with E-state index in [1.807, 2.05) is 13.8 Å². The zero-order chi connectivity index (χ0) is 17.9. The lowest BCUT2D eigenvalue weighted by atomic mass is 9.81. The van der Waals surface area contributed by atoms with E-state index in [0.29, 0.717) is 50.4 Å². The van der Waals surface area contributed by atoms with Crippen LogP contribution in [0.1, 0.15) is 42.7 Å². The Morgan fingerprint density at radius 1 is 1.24 bits per heavy atom. The summed E-state index contributed by atoms with van der Waals surface area (Å²) in [7, 11) is 0. The lowest BCUT2D eigenvalue weighted by molar-refractivity contribution is -0.201. The number of hydrogen-bond donors (Lipinski definition) is 2. The second-order valence-electron chi connectivity index (χ2n) is 6.90. The lowest BCUT2D eigenvalue weighted by Gasteiger charge is -2.40. The highest BCUT2D eigenvalue weighted by atomic mass is 32.2. The van der Waals surface area contributed by atoms with Crippen LogP contribution in [-0.2, 0) is 20.0 Å². The number of carbonyl (C=O) groups excluding carboxylic acids is 1. The van der Waals surface area contributed by atoms with Gasteiger partial charge in [0, 0.05) is 30.7 Å². The summed E-state index contributed by atoms with van der Waals surface area (Å²) in [6.45, 7) is 5.29. The summed E-state index contributed by atoms with van der Waals surface area (Å²) < 4.78 is 16.5. The molecule has 25 heavy (non-hydrogen) atoms. The number of ether oxygens (including phenoxy) is 2. The van der Waals surface area contributed by atoms with Crippen molar-refractivity contribution in [2.45, 2.75) is 56.7 Å². The summed E-state index contributed by atoms with van der Waals surface area (Å²) in [5, 5.41) is 17.4. The molecule has 0 atom stereocenters. The largest absolute Gasteiger partial charge is 0.388 e. The zero-order valence-corrected chi connectivity index (χ0v) is 15.6. The van der Waals surface area contributed by atoms with Crippen molar-refractivity contribution in [2.75, 3.05) is 25.5 Å². The SMILES string of the molecule is Cc1noc(C)c1CSCC(=O)NCC1(O)CCC2(CC1)OCCO2. The highest BCUT2D eigenvalue weighted by molar-refractivity contribution is 7.99. The first-order valence-electron chi connectivity index (χ1n) is 8.68. The molecule has 8 heteroatoms. The van der Waals surface area contributed by atoms with E-state index >= 15 is 0 Å². The minimum absolute atomic E-state index is 0.0705. The van der Waals surface area contributed by atoms with Gasteiger partial charge >= 0.3 is 0 Å². The van der Waals surface area contributed by atoms with Crippen LogP contribution in [-0.4, -0.2) is 53.1 Å². The normalized spacial score (nSPS) is 21.6. The molecule has 2 heterocycles. The molecule has 1 spiro atoms. The van der Waals surface area contributed by atoms with Crippen molar-refractivity contribution in [3.63, 3.8) is 0 Å². The Morgan fingerprint density at radius 3 is 2.52 bits per heavy atom. The maximum Gasteiger partial charge on any atom is 0.230 e. The Kier molecular flexibility index (Phi) is 5.72. The molecule has 1 saturated carbocycles. The lowest BCUT2D eigenvalue weighted by Crippen LogP contribution is -2.50. The van der Waals surface area contributed by atoms with Gasteiger partial charge in [-0.15, -0.1) is 11.8 Å². The highest BCUT2D eigenvalue weighted by Crippen LogP contribution is 2.39. The number of thioether (sulfide) groups is 1. The molecule has 2 N–H and O–H groups in total. The third-order valence-electron chi connectivity index (χ3n) is 5.03. The number of nitrogens with one attached hydrogen (secondary N) is 1. The number of amides is 1. The van der Waals surface area contributed by atoms with Gasteiger partial charge in [0.15, 0.2) is 5.79 Å². The third-order valence-corrected chi connectivity index (χ3v) is 5.99. The van der Waals surface area contributed by atoms with Gasteiger partial charge in [0.05, 0.1) is 30.3 Å². The molecule has 1 aliphatic heterocycles. The number of aryl methyl sites for hydroxylation is 2. The Labute approximate surface area is 151 Å². The molecule has 0 bridgehead atoms. The van der Waals surface area contributed by atoms with Gasteiger partial charge in [0.1, 0.15) is 5.76 Å². The first-order chi connectivity index (χ1) is 11.9. The molecule has 1 aromatic rings. The average Bonchev–Trinajstić information content (AvgIpc) is 3.18. The summed E-state index contributed by atoms with van der Waals surface area (Å²) in [6.07, 6.45) is 2.47. The topological polar surface area (TPSA) is 93.8 Å². The van der Waals surface area contributed by atoms with Gasteiger partial charge < -0.3 is 24.4 Å². The molecule has 1 saturated heterocycles. The molecule has 0 aromatic carbocycles. The van der Waals surface area contributed by atoms with E-state index in [1.165, 1.54) is 11.8 Å². The molecule has 7 nitrogen and oxygen atoms in total. The van der Waals surface area contributed by atoms with Crippen LogP contribution >= 0.6 is 11.8 Å². The molecule has 1 aliphatic carbocycles. The standard InChI is InChI=1S/C17H26N2O5S/c1-12-14(13(2)24-19-12)9-25-10-15(20)18-11-16(21)3-5-17(6-4-16)22-7-8-23-17/h21H,3-11H2,1-2H3,(H,18,20). The van der Waals surface area contributed by atoms with Crippen LogP contribution in [0.3, 0.4) is 0 Å². The monoisotopic (exact) mass is 370 g/mol. The minimum atomic E-state index is -0.872. The molecule has 0 unspecified atom stereocenters. The highest BCUT2D eigenvalue weighted by Gasteiger charge is 2.45. The van der Waals surface area contributed by atoms with Gasteiger partial charge in [0.2, 0.25) is 5.91 Å². The number of hydrogen-bond acceptors (Lipinski definition) is 7. The molecule has 2 aliphatic rings. The summed E-state index contributed by atoms with van der Waals surface area (Å²) in [5.74, 6) is 1.26. The Balaban J connectivity index is 1.37. The van der Waals surface area contributed by atoms with Crippen molar-refractivity contribution < 1.29 is 23.9 Å². The van der Waals surface area contributed by atoms with Gasteiger partial charge in [-0.1, -0.05) is 5.16 Å². The van der Waals surface area contributed by atoms with E-state index in [4.69, 9.17) is 14.0 Å².